The Morgan fingerprint density at radius 1 is 1.26 bits per heavy atom. The average Bonchev–Trinajstić information content (AvgIpc) is 2.30. The predicted molar refractivity (Wildman–Crippen MR) is 76.5 cm³/mol. The van der Waals surface area contributed by atoms with Crippen LogP contribution in [0.2, 0.25) is 0 Å². The number of nitrogens with two attached hydrogens (primary N) is 1. The summed E-state index contributed by atoms with van der Waals surface area (Å²) < 4.78 is 28.9. The Bertz CT molecular complexity index is 389. The molecule has 0 bridgehead atoms. The van der Waals surface area contributed by atoms with Crippen LogP contribution in [0.15, 0.2) is 0 Å². The molecule has 0 aromatic carbocycles. The maximum atomic E-state index is 12.1. The Balaban J connectivity index is 5.14. The largest absolute Gasteiger partial charge is 0.466 e. The molecule has 0 aliphatic heterocycles. The number of rotatable bonds is 8. The first-order chi connectivity index (χ1) is 8.64. The number of ether oxygens (including phenoxy) is 1. The van der Waals surface area contributed by atoms with Gasteiger partial charge in [-0.05, 0) is 33.1 Å². The maximum Gasteiger partial charge on any atom is 0.313 e. The lowest BCUT2D eigenvalue weighted by molar-refractivity contribution is -0.158. The second-order valence-corrected chi connectivity index (χ2v) is 8.08. The molecule has 0 aromatic heterocycles. The van der Waals surface area contributed by atoms with E-state index in [1.54, 1.807) is 20.8 Å². The average molecular weight is 293 g/mol. The Kier molecular flexibility index (Phi) is 7.00. The van der Waals surface area contributed by atoms with Gasteiger partial charge in [-0.25, -0.2) is 8.42 Å². The van der Waals surface area contributed by atoms with Crippen LogP contribution in [0.5, 0.6) is 0 Å². The molecule has 114 valence electrons. The van der Waals surface area contributed by atoms with Crippen molar-refractivity contribution < 1.29 is 17.9 Å². The highest BCUT2D eigenvalue weighted by Crippen LogP contribution is 2.33. The van der Waals surface area contributed by atoms with Crippen LogP contribution >= 0.6 is 0 Å². The van der Waals surface area contributed by atoms with Gasteiger partial charge in [-0.3, -0.25) is 4.79 Å². The topological polar surface area (TPSA) is 86.5 Å². The normalized spacial score (nSPS) is 15.6. The van der Waals surface area contributed by atoms with Crippen molar-refractivity contribution >= 4 is 15.8 Å². The number of esters is 1. The van der Waals surface area contributed by atoms with Crippen LogP contribution in [0.3, 0.4) is 0 Å². The van der Waals surface area contributed by atoms with E-state index in [4.69, 9.17) is 10.5 Å². The van der Waals surface area contributed by atoms with Crippen molar-refractivity contribution in [3.8, 4) is 0 Å². The molecule has 0 saturated carbocycles. The van der Waals surface area contributed by atoms with E-state index in [1.807, 2.05) is 13.8 Å². The number of hydrogen-bond acceptors (Lipinski definition) is 5. The molecule has 0 rings (SSSR count). The second-order valence-electron chi connectivity index (χ2n) is 5.40. The summed E-state index contributed by atoms with van der Waals surface area (Å²) in [6.07, 6.45) is 0.209. The van der Waals surface area contributed by atoms with Gasteiger partial charge in [-0.2, -0.15) is 0 Å². The van der Waals surface area contributed by atoms with Gasteiger partial charge in [0.25, 0.3) is 0 Å². The first-order valence-corrected chi connectivity index (χ1v) is 8.44. The summed E-state index contributed by atoms with van der Waals surface area (Å²) in [6.45, 7) is 9.10. The minimum atomic E-state index is -3.19. The molecule has 0 heterocycles. The van der Waals surface area contributed by atoms with Crippen molar-refractivity contribution in [3.05, 3.63) is 0 Å². The second kappa shape index (κ2) is 7.24. The lowest BCUT2D eigenvalue weighted by atomic mass is 9.75. The minimum Gasteiger partial charge on any atom is -0.466 e. The molecular weight excluding hydrogens is 266 g/mol. The molecule has 6 heteroatoms. The Morgan fingerprint density at radius 2 is 1.79 bits per heavy atom. The van der Waals surface area contributed by atoms with E-state index in [1.165, 1.54) is 0 Å². The molecule has 19 heavy (non-hydrogen) atoms. The molecule has 0 saturated heterocycles. The van der Waals surface area contributed by atoms with E-state index in [-0.39, 0.29) is 31.2 Å². The molecule has 0 fully saturated rings. The Hall–Kier alpha value is -0.620. The van der Waals surface area contributed by atoms with Crippen LogP contribution in [-0.2, 0) is 19.4 Å². The van der Waals surface area contributed by atoms with Crippen LogP contribution < -0.4 is 5.73 Å². The maximum absolute atomic E-state index is 12.1. The first kappa shape index (κ1) is 18.4. The van der Waals surface area contributed by atoms with E-state index >= 15 is 0 Å². The first-order valence-electron chi connectivity index (χ1n) is 6.73. The Labute approximate surface area is 116 Å². The van der Waals surface area contributed by atoms with E-state index in [9.17, 15) is 13.2 Å². The van der Waals surface area contributed by atoms with Crippen molar-refractivity contribution in [3.63, 3.8) is 0 Å². The number of hydrogen-bond donors (Lipinski definition) is 1. The SMILES string of the molecule is CCOC(=O)C(CN)(CCS(=O)(=O)C(C)C)C(C)C. The van der Waals surface area contributed by atoms with Gasteiger partial charge < -0.3 is 10.5 Å². The molecule has 0 aliphatic carbocycles. The van der Waals surface area contributed by atoms with Gasteiger partial charge >= 0.3 is 5.97 Å². The van der Waals surface area contributed by atoms with Crippen molar-refractivity contribution in [2.45, 2.75) is 46.3 Å². The van der Waals surface area contributed by atoms with Crippen LogP contribution in [0.4, 0.5) is 0 Å². The van der Waals surface area contributed by atoms with Gasteiger partial charge in [0, 0.05) is 6.54 Å². The van der Waals surface area contributed by atoms with Crippen molar-refractivity contribution in [1.82, 2.24) is 0 Å². The summed E-state index contributed by atoms with van der Waals surface area (Å²) in [5.74, 6) is -0.510. The van der Waals surface area contributed by atoms with E-state index < -0.39 is 26.5 Å². The van der Waals surface area contributed by atoms with E-state index in [2.05, 4.69) is 0 Å². The Morgan fingerprint density at radius 3 is 2.11 bits per heavy atom. The summed E-state index contributed by atoms with van der Waals surface area (Å²) >= 11 is 0. The van der Waals surface area contributed by atoms with E-state index in [0.717, 1.165) is 0 Å². The predicted octanol–water partition coefficient (Wildman–Crippen LogP) is 1.36. The standard InChI is InChI=1S/C13H27NO4S/c1-6-18-12(15)13(9-14,10(2)3)7-8-19(16,17)11(4)5/h10-11H,6-9,14H2,1-5H3. The number of carbonyl (C=O) groups excluding carboxylic acids is 1. The third-order valence-electron chi connectivity index (χ3n) is 3.70. The van der Waals surface area contributed by atoms with Crippen molar-refractivity contribution in [1.29, 1.82) is 0 Å². The molecule has 0 aromatic rings. The highest BCUT2D eigenvalue weighted by Gasteiger charge is 2.42. The van der Waals surface area contributed by atoms with Gasteiger partial charge in [-0.15, -0.1) is 0 Å². The zero-order valence-electron chi connectivity index (χ0n) is 12.6. The van der Waals surface area contributed by atoms with Crippen LogP contribution in [0, 0.1) is 11.3 Å². The molecule has 2 N–H and O–H groups in total. The molecule has 1 atom stereocenters. The van der Waals surface area contributed by atoms with Gasteiger partial charge in [0.1, 0.15) is 0 Å². The van der Waals surface area contributed by atoms with Crippen molar-refractivity contribution in [2.24, 2.45) is 17.1 Å². The number of sulfone groups is 1. The fraction of sp³-hybridized carbons (Fsp3) is 0.923. The monoisotopic (exact) mass is 293 g/mol. The lowest BCUT2D eigenvalue weighted by Gasteiger charge is -2.34. The number of carbonyl (C=O) groups is 1. The summed E-state index contributed by atoms with van der Waals surface area (Å²) in [5, 5.41) is -0.447. The van der Waals surface area contributed by atoms with Crippen LogP contribution in [0.1, 0.15) is 41.0 Å². The van der Waals surface area contributed by atoms with Gasteiger partial charge in [0.15, 0.2) is 9.84 Å². The molecule has 0 amide bonds. The quantitative estimate of drug-likeness (QED) is 0.683. The zero-order valence-corrected chi connectivity index (χ0v) is 13.4. The summed E-state index contributed by atoms with van der Waals surface area (Å²) in [6, 6.07) is 0. The summed E-state index contributed by atoms with van der Waals surface area (Å²) in [4.78, 5) is 12.1. The zero-order chi connectivity index (χ0) is 15.3. The molecule has 1 unspecified atom stereocenters. The van der Waals surface area contributed by atoms with E-state index in [0.29, 0.717) is 0 Å². The van der Waals surface area contributed by atoms with Gasteiger partial charge in [0.2, 0.25) is 0 Å². The van der Waals surface area contributed by atoms with Crippen LogP contribution in [-0.4, -0.2) is 38.5 Å². The molecule has 0 aliphatic rings. The third kappa shape index (κ3) is 4.45. The fourth-order valence-corrected chi connectivity index (χ4v) is 3.00. The van der Waals surface area contributed by atoms with Crippen molar-refractivity contribution in [2.75, 3.05) is 18.9 Å². The molecule has 0 radical (unpaired) electrons. The molecule has 5 nitrogen and oxygen atoms in total. The highest BCUT2D eigenvalue weighted by molar-refractivity contribution is 7.91. The minimum absolute atomic E-state index is 0.0428. The smallest absolute Gasteiger partial charge is 0.313 e. The highest BCUT2D eigenvalue weighted by atomic mass is 32.2. The summed E-state index contributed by atoms with van der Waals surface area (Å²) in [5.41, 5.74) is 4.83. The van der Waals surface area contributed by atoms with Gasteiger partial charge in [0.05, 0.1) is 23.0 Å². The third-order valence-corrected chi connectivity index (χ3v) is 5.91. The summed E-state index contributed by atoms with van der Waals surface area (Å²) in [7, 11) is -3.19. The molecule has 0 spiro atoms. The lowest BCUT2D eigenvalue weighted by Crippen LogP contribution is -2.46. The van der Waals surface area contributed by atoms with Crippen LogP contribution in [0.25, 0.3) is 0 Å². The van der Waals surface area contributed by atoms with Gasteiger partial charge in [-0.1, -0.05) is 13.8 Å². The fourth-order valence-electron chi connectivity index (χ4n) is 1.88. The molecular formula is C13H27NO4S.